The van der Waals surface area contributed by atoms with E-state index in [-0.39, 0.29) is 11.3 Å². The van der Waals surface area contributed by atoms with E-state index in [1.807, 2.05) is 0 Å². The van der Waals surface area contributed by atoms with Gasteiger partial charge in [-0.3, -0.25) is 4.57 Å². The number of hydrogen-bond acceptors (Lipinski definition) is 3. The third kappa shape index (κ3) is 4.44. The minimum Gasteiger partial charge on any atom is -0.455 e. The molecule has 3 aromatic heterocycles. The molecule has 1 atom stereocenters. The van der Waals surface area contributed by atoms with Crippen molar-refractivity contribution in [3.8, 4) is 28.3 Å². The fourth-order valence-corrected chi connectivity index (χ4v) is 11.7. The molecule has 61 heavy (non-hydrogen) atoms. The fraction of sp³-hybridized carbons (Fsp3) is 0.123. The number of furan rings is 1. The molecule has 0 aliphatic heterocycles. The van der Waals surface area contributed by atoms with Gasteiger partial charge in [-0.25, -0.2) is 9.97 Å². The lowest BCUT2D eigenvalue weighted by molar-refractivity contribution is 0.543. The number of para-hydroxylation sites is 1. The third-order valence-corrected chi connectivity index (χ3v) is 14.4. The number of rotatable bonds is 3. The number of allylic oxidation sites excluding steroid dienone is 2. The molecule has 4 aliphatic rings. The van der Waals surface area contributed by atoms with E-state index >= 15 is 0 Å². The van der Waals surface area contributed by atoms with Gasteiger partial charge in [0.25, 0.3) is 0 Å². The lowest BCUT2D eigenvalue weighted by atomic mass is 9.77. The molecular weight excluding hydrogens is 743 g/mol. The van der Waals surface area contributed by atoms with Crippen LogP contribution in [0.25, 0.3) is 89.1 Å². The predicted molar refractivity (Wildman–Crippen MR) is 249 cm³/mol. The van der Waals surface area contributed by atoms with Gasteiger partial charge in [0.1, 0.15) is 11.3 Å². The molecule has 7 aromatic carbocycles. The van der Waals surface area contributed by atoms with E-state index in [0.29, 0.717) is 5.82 Å². The van der Waals surface area contributed by atoms with Crippen LogP contribution in [0.2, 0.25) is 0 Å². The van der Waals surface area contributed by atoms with Crippen LogP contribution >= 0.6 is 0 Å². The Balaban J connectivity index is 0.958. The first kappa shape index (κ1) is 33.5. The third-order valence-electron chi connectivity index (χ3n) is 14.4. The monoisotopic (exact) mass is 781 g/mol. The Hall–Kier alpha value is -7.30. The summed E-state index contributed by atoms with van der Waals surface area (Å²) in [5, 5.41) is 6.27. The highest BCUT2D eigenvalue weighted by Gasteiger charge is 2.43. The molecule has 4 heteroatoms. The van der Waals surface area contributed by atoms with E-state index in [2.05, 4.69) is 176 Å². The molecule has 0 N–H and O–H groups in total. The summed E-state index contributed by atoms with van der Waals surface area (Å²) < 4.78 is 9.33. The molecule has 0 bridgehead atoms. The van der Waals surface area contributed by atoms with E-state index in [1.165, 1.54) is 77.2 Å². The SMILES string of the molecule is CC1(C)C2=C(c3cc(C4C=Cc5c(c6ccccc6n5-c5nc(-c6cccc7ccccc67)nc6c7c(oc56)CCc5ccccc5-7)C4)ccc31)c1cccc3cccc2c13. The van der Waals surface area contributed by atoms with Crippen molar-refractivity contribution in [3.63, 3.8) is 0 Å². The van der Waals surface area contributed by atoms with Crippen LogP contribution in [0.15, 0.2) is 156 Å². The van der Waals surface area contributed by atoms with Crippen LogP contribution in [0.3, 0.4) is 0 Å². The van der Waals surface area contributed by atoms with Gasteiger partial charge in [0, 0.05) is 28.7 Å². The van der Waals surface area contributed by atoms with Crippen molar-refractivity contribution >= 4 is 60.8 Å². The molecule has 4 aliphatic carbocycles. The maximum atomic E-state index is 6.97. The minimum atomic E-state index is -0.0829. The van der Waals surface area contributed by atoms with Gasteiger partial charge in [-0.05, 0) is 102 Å². The number of hydrogen-bond donors (Lipinski definition) is 0. The Kier molecular flexibility index (Phi) is 6.55. The average Bonchev–Trinajstić information content (AvgIpc) is 4.02. The van der Waals surface area contributed by atoms with Gasteiger partial charge in [0.15, 0.2) is 17.2 Å². The molecule has 0 radical (unpaired) electrons. The Morgan fingerprint density at radius 1 is 0.656 bits per heavy atom. The van der Waals surface area contributed by atoms with Crippen LogP contribution in [0.5, 0.6) is 0 Å². The highest BCUT2D eigenvalue weighted by Crippen LogP contribution is 2.59. The van der Waals surface area contributed by atoms with E-state index in [0.717, 1.165) is 69.7 Å². The Bertz CT molecular complexity index is 3650. The zero-order valence-corrected chi connectivity index (χ0v) is 34.0. The first-order valence-electron chi connectivity index (χ1n) is 21.6. The summed E-state index contributed by atoms with van der Waals surface area (Å²) in [5.74, 6) is 2.69. The van der Waals surface area contributed by atoms with Crippen LogP contribution in [-0.2, 0) is 24.7 Å². The molecule has 1 unspecified atom stereocenters. The molecule has 0 saturated heterocycles. The lowest BCUT2D eigenvalue weighted by Crippen LogP contribution is -2.16. The molecule has 14 rings (SSSR count). The minimum absolute atomic E-state index is 0.0829. The van der Waals surface area contributed by atoms with Gasteiger partial charge < -0.3 is 4.42 Å². The van der Waals surface area contributed by atoms with Gasteiger partial charge in [0.2, 0.25) is 0 Å². The number of aromatic nitrogens is 3. The van der Waals surface area contributed by atoms with Crippen molar-refractivity contribution < 1.29 is 4.42 Å². The van der Waals surface area contributed by atoms with E-state index in [4.69, 9.17) is 14.4 Å². The highest BCUT2D eigenvalue weighted by molar-refractivity contribution is 6.21. The van der Waals surface area contributed by atoms with Crippen LogP contribution in [0, 0.1) is 0 Å². The van der Waals surface area contributed by atoms with Gasteiger partial charge in [-0.15, -0.1) is 0 Å². The lowest BCUT2D eigenvalue weighted by Gasteiger charge is -2.26. The highest BCUT2D eigenvalue weighted by atomic mass is 16.3. The second-order valence-corrected chi connectivity index (χ2v) is 17.9. The number of benzene rings is 7. The maximum Gasteiger partial charge on any atom is 0.196 e. The van der Waals surface area contributed by atoms with Gasteiger partial charge in [0.05, 0.1) is 16.8 Å². The Labute approximate surface area is 353 Å². The summed E-state index contributed by atoms with van der Waals surface area (Å²) in [7, 11) is 0. The molecule has 0 saturated carbocycles. The molecule has 4 nitrogen and oxygen atoms in total. The number of aryl methyl sites for hydroxylation is 2. The van der Waals surface area contributed by atoms with Crippen molar-refractivity contribution in [2.75, 3.05) is 0 Å². The van der Waals surface area contributed by atoms with Crippen molar-refractivity contribution in [2.24, 2.45) is 0 Å². The van der Waals surface area contributed by atoms with E-state index in [9.17, 15) is 0 Å². The molecular formula is C57H39N3O. The molecule has 288 valence electrons. The molecule has 0 fully saturated rings. The molecule has 10 aromatic rings. The largest absolute Gasteiger partial charge is 0.455 e. The fourth-order valence-electron chi connectivity index (χ4n) is 11.7. The van der Waals surface area contributed by atoms with Gasteiger partial charge in [-0.1, -0.05) is 159 Å². The van der Waals surface area contributed by atoms with Crippen LogP contribution in [0.4, 0.5) is 0 Å². The van der Waals surface area contributed by atoms with Crippen molar-refractivity contribution in [3.05, 3.63) is 202 Å². The zero-order valence-electron chi connectivity index (χ0n) is 34.0. The average molecular weight is 782 g/mol. The summed E-state index contributed by atoms with van der Waals surface area (Å²) in [5.41, 5.74) is 19.6. The normalized spacial score (nSPS) is 16.7. The summed E-state index contributed by atoms with van der Waals surface area (Å²) in [6, 6.07) is 53.5. The van der Waals surface area contributed by atoms with E-state index in [1.54, 1.807) is 0 Å². The standard InChI is InChI=1S/C57H39N3O/c1-57(2)45-27-24-35(31-44(45)50-41-21-10-15-34-16-11-22-42(49(34)41)52(50)57)36-25-28-47-43(30-36)39-19-7-8-23-46(39)60(47)56-54-53(51-38-18-6-4-13-33(38)26-29-48(51)61-54)58-55(59-56)40-20-9-14-32-12-3-5-17-37(32)40/h3-25,27-28,31,36H,26,29-30H2,1-2H3. The molecule has 3 heterocycles. The predicted octanol–water partition coefficient (Wildman–Crippen LogP) is 13.8. The first-order valence-corrected chi connectivity index (χ1v) is 21.6. The van der Waals surface area contributed by atoms with Crippen LogP contribution in [-0.4, -0.2) is 14.5 Å². The van der Waals surface area contributed by atoms with Crippen molar-refractivity contribution in [1.82, 2.24) is 14.5 Å². The Morgan fingerprint density at radius 3 is 2.30 bits per heavy atom. The van der Waals surface area contributed by atoms with Gasteiger partial charge >= 0.3 is 0 Å². The summed E-state index contributed by atoms with van der Waals surface area (Å²) >= 11 is 0. The second-order valence-electron chi connectivity index (χ2n) is 17.9. The topological polar surface area (TPSA) is 43.9 Å². The van der Waals surface area contributed by atoms with Crippen LogP contribution < -0.4 is 0 Å². The number of nitrogens with zero attached hydrogens (tertiary/aromatic N) is 3. The number of fused-ring (bicyclic) bond motifs is 13. The summed E-state index contributed by atoms with van der Waals surface area (Å²) in [4.78, 5) is 11.0. The van der Waals surface area contributed by atoms with E-state index < -0.39 is 0 Å². The smallest absolute Gasteiger partial charge is 0.196 e. The molecule has 0 spiro atoms. The summed E-state index contributed by atoms with van der Waals surface area (Å²) in [6.07, 6.45) is 7.42. The van der Waals surface area contributed by atoms with Gasteiger partial charge in [-0.2, -0.15) is 0 Å². The van der Waals surface area contributed by atoms with Crippen molar-refractivity contribution in [1.29, 1.82) is 0 Å². The molecule has 0 amide bonds. The zero-order chi connectivity index (χ0) is 40.1. The second kappa shape index (κ2) is 11.9. The first-order chi connectivity index (χ1) is 30.0. The van der Waals surface area contributed by atoms with Crippen molar-refractivity contribution in [2.45, 2.75) is 44.4 Å². The Morgan fingerprint density at radius 2 is 1.39 bits per heavy atom. The quantitative estimate of drug-likeness (QED) is 0.179. The van der Waals surface area contributed by atoms with Crippen LogP contribution in [0.1, 0.15) is 70.2 Å². The summed E-state index contributed by atoms with van der Waals surface area (Å²) in [6.45, 7) is 4.81. The maximum absolute atomic E-state index is 6.97.